The Morgan fingerprint density at radius 2 is 1.92 bits per heavy atom. The molecule has 8 nitrogen and oxygen atoms in total. The van der Waals surface area contributed by atoms with E-state index in [1.807, 2.05) is 0 Å². The molecule has 10 heteroatoms. The van der Waals surface area contributed by atoms with Crippen LogP contribution in [0.2, 0.25) is 0 Å². The number of rotatable bonds is 3. The second-order valence-corrected chi connectivity index (χ2v) is 6.72. The van der Waals surface area contributed by atoms with E-state index in [0.29, 0.717) is 5.56 Å². The van der Waals surface area contributed by atoms with Gasteiger partial charge in [0.25, 0.3) is 15.7 Å². The lowest BCUT2D eigenvalue weighted by Gasteiger charge is -2.12. The minimum absolute atomic E-state index is 0.0447. The number of hydrogen-bond acceptors (Lipinski definition) is 6. The normalized spacial score (nSPS) is 15.0. The van der Waals surface area contributed by atoms with Gasteiger partial charge in [-0.1, -0.05) is 12.1 Å². The van der Waals surface area contributed by atoms with E-state index < -0.39 is 14.9 Å². The van der Waals surface area contributed by atoms with Gasteiger partial charge in [0.2, 0.25) is 0 Å². The second-order valence-electron chi connectivity index (χ2n) is 5.15. The summed E-state index contributed by atoms with van der Waals surface area (Å²) in [4.78, 5) is 9.91. The van der Waals surface area contributed by atoms with Gasteiger partial charge in [-0.15, -0.1) is 4.40 Å². The Morgan fingerprint density at radius 1 is 1.24 bits per heavy atom. The van der Waals surface area contributed by atoms with E-state index in [9.17, 15) is 22.9 Å². The molecule has 2 aromatic carbocycles. The standard InChI is InChI=1S/C15H11FN4O4S/c1-19(17-9-10-2-4-11(16)5-3-10)15-13-7-6-12(20(21)22)8-14(13)25(23,24)18-15/h2-9H,1H3/b17-9+. The molecule has 128 valence electrons. The van der Waals surface area contributed by atoms with E-state index in [0.717, 1.165) is 6.07 Å². The summed E-state index contributed by atoms with van der Waals surface area (Å²) in [6, 6.07) is 9.06. The smallest absolute Gasteiger partial charge is 0.258 e. The van der Waals surface area contributed by atoms with E-state index >= 15 is 0 Å². The Kier molecular flexibility index (Phi) is 4.05. The van der Waals surface area contributed by atoms with Crippen molar-refractivity contribution in [2.45, 2.75) is 4.90 Å². The average molecular weight is 362 g/mol. The molecule has 0 fully saturated rings. The Balaban J connectivity index is 1.94. The average Bonchev–Trinajstić information content (AvgIpc) is 2.85. The number of non-ortho nitro benzene ring substituents is 1. The summed E-state index contributed by atoms with van der Waals surface area (Å²) in [5.74, 6) is -0.337. The highest BCUT2D eigenvalue weighted by Gasteiger charge is 2.32. The van der Waals surface area contributed by atoms with Crippen LogP contribution in [0.15, 0.2) is 56.9 Å². The van der Waals surface area contributed by atoms with Crippen LogP contribution in [0.4, 0.5) is 10.1 Å². The predicted molar refractivity (Wildman–Crippen MR) is 88.6 cm³/mol. The molecule has 0 atom stereocenters. The molecular weight excluding hydrogens is 351 g/mol. The predicted octanol–water partition coefficient (Wildman–Crippen LogP) is 2.15. The Hall–Kier alpha value is -3.14. The molecule has 2 aromatic rings. The molecule has 3 rings (SSSR count). The first-order valence-electron chi connectivity index (χ1n) is 6.95. The lowest BCUT2D eigenvalue weighted by atomic mass is 10.2. The van der Waals surface area contributed by atoms with Gasteiger partial charge in [0.15, 0.2) is 5.84 Å². The maximum Gasteiger partial charge on any atom is 0.285 e. The number of benzene rings is 2. The van der Waals surface area contributed by atoms with Crippen molar-refractivity contribution in [1.82, 2.24) is 5.01 Å². The number of nitro groups is 1. The summed E-state index contributed by atoms with van der Waals surface area (Å²) >= 11 is 0. The van der Waals surface area contributed by atoms with Crippen molar-refractivity contribution < 1.29 is 17.7 Å². The first-order valence-corrected chi connectivity index (χ1v) is 8.39. The summed E-state index contributed by atoms with van der Waals surface area (Å²) in [5.41, 5.74) is 0.499. The number of nitrogens with zero attached hydrogens (tertiary/aromatic N) is 4. The number of hydrogen-bond donors (Lipinski definition) is 0. The van der Waals surface area contributed by atoms with Gasteiger partial charge < -0.3 is 0 Å². The van der Waals surface area contributed by atoms with Crippen LogP contribution in [0.25, 0.3) is 0 Å². The molecular formula is C15H11FN4O4S. The minimum Gasteiger partial charge on any atom is -0.258 e. The quantitative estimate of drug-likeness (QED) is 0.472. The molecule has 1 aliphatic heterocycles. The largest absolute Gasteiger partial charge is 0.285 e. The molecule has 0 spiro atoms. The van der Waals surface area contributed by atoms with E-state index in [-0.39, 0.29) is 27.8 Å². The number of nitro benzene ring substituents is 1. The molecule has 0 unspecified atom stereocenters. The van der Waals surface area contributed by atoms with Gasteiger partial charge in [-0.25, -0.2) is 9.40 Å². The third-order valence-corrected chi connectivity index (χ3v) is 4.76. The van der Waals surface area contributed by atoms with E-state index in [4.69, 9.17) is 0 Å². The van der Waals surface area contributed by atoms with Crippen molar-refractivity contribution in [3.05, 3.63) is 69.5 Å². The van der Waals surface area contributed by atoms with Gasteiger partial charge in [0.1, 0.15) is 10.7 Å². The zero-order valence-corrected chi connectivity index (χ0v) is 13.6. The van der Waals surface area contributed by atoms with E-state index in [2.05, 4.69) is 9.50 Å². The van der Waals surface area contributed by atoms with Crippen LogP contribution in [0.1, 0.15) is 11.1 Å². The molecule has 0 aromatic heterocycles. The monoisotopic (exact) mass is 362 g/mol. The van der Waals surface area contributed by atoms with Crippen LogP contribution in [-0.4, -0.2) is 37.4 Å². The minimum atomic E-state index is -4.03. The molecule has 0 bridgehead atoms. The molecule has 0 N–H and O–H groups in total. The van der Waals surface area contributed by atoms with Crippen molar-refractivity contribution in [2.75, 3.05) is 7.05 Å². The fourth-order valence-corrected chi connectivity index (χ4v) is 3.47. The van der Waals surface area contributed by atoms with Crippen molar-refractivity contribution in [3.8, 4) is 0 Å². The third kappa shape index (κ3) is 3.24. The van der Waals surface area contributed by atoms with Crippen molar-refractivity contribution >= 4 is 27.8 Å². The molecule has 0 aliphatic carbocycles. The van der Waals surface area contributed by atoms with Crippen LogP contribution in [0, 0.1) is 15.9 Å². The molecule has 1 heterocycles. The lowest BCUT2D eigenvalue weighted by molar-refractivity contribution is -0.385. The molecule has 0 saturated carbocycles. The Labute approximate surface area is 142 Å². The summed E-state index contributed by atoms with van der Waals surface area (Å²) in [6.07, 6.45) is 1.41. The molecule has 1 aliphatic rings. The summed E-state index contributed by atoms with van der Waals surface area (Å²) in [6.45, 7) is 0. The summed E-state index contributed by atoms with van der Waals surface area (Å²) in [5, 5.41) is 16.1. The molecule has 0 radical (unpaired) electrons. The number of sulfonamides is 1. The van der Waals surface area contributed by atoms with Crippen molar-refractivity contribution in [1.29, 1.82) is 0 Å². The lowest BCUT2D eigenvalue weighted by Crippen LogP contribution is -2.21. The summed E-state index contributed by atoms with van der Waals surface area (Å²) in [7, 11) is -2.54. The topological polar surface area (TPSA) is 105 Å². The Bertz CT molecular complexity index is 1020. The highest BCUT2D eigenvalue weighted by Crippen LogP contribution is 2.30. The fraction of sp³-hybridized carbons (Fsp3) is 0.0667. The second kappa shape index (κ2) is 6.06. The van der Waals surface area contributed by atoms with Gasteiger partial charge in [-0.3, -0.25) is 10.1 Å². The number of amidine groups is 1. The van der Waals surface area contributed by atoms with Crippen molar-refractivity contribution in [3.63, 3.8) is 0 Å². The van der Waals surface area contributed by atoms with Gasteiger partial charge in [0.05, 0.1) is 11.1 Å². The third-order valence-electron chi connectivity index (χ3n) is 3.46. The van der Waals surface area contributed by atoms with Crippen LogP contribution in [0.3, 0.4) is 0 Å². The zero-order valence-electron chi connectivity index (χ0n) is 12.8. The van der Waals surface area contributed by atoms with Gasteiger partial charge in [-0.2, -0.15) is 13.5 Å². The van der Waals surface area contributed by atoms with Gasteiger partial charge >= 0.3 is 0 Å². The molecule has 0 saturated heterocycles. The SMILES string of the molecule is CN(/N=C/c1ccc(F)cc1)C1=NS(=O)(=O)c2cc([N+](=O)[O-])ccc21. The van der Waals surface area contributed by atoms with Crippen LogP contribution >= 0.6 is 0 Å². The first-order chi connectivity index (χ1) is 11.8. The fourth-order valence-electron chi connectivity index (χ4n) is 2.23. The van der Waals surface area contributed by atoms with Gasteiger partial charge in [0, 0.05) is 24.7 Å². The maximum absolute atomic E-state index is 12.9. The maximum atomic E-state index is 12.9. The van der Waals surface area contributed by atoms with Crippen LogP contribution < -0.4 is 0 Å². The zero-order chi connectivity index (χ0) is 18.2. The highest BCUT2D eigenvalue weighted by atomic mass is 32.2. The highest BCUT2D eigenvalue weighted by molar-refractivity contribution is 7.90. The van der Waals surface area contributed by atoms with Crippen LogP contribution in [0.5, 0.6) is 0 Å². The number of fused-ring (bicyclic) bond motifs is 1. The molecule has 0 amide bonds. The number of hydrazone groups is 1. The van der Waals surface area contributed by atoms with Crippen molar-refractivity contribution in [2.24, 2.45) is 9.50 Å². The van der Waals surface area contributed by atoms with Crippen LogP contribution in [-0.2, 0) is 10.0 Å². The van der Waals surface area contributed by atoms with E-state index in [1.165, 1.54) is 54.7 Å². The Morgan fingerprint density at radius 3 is 2.56 bits per heavy atom. The number of halogens is 1. The first kappa shape index (κ1) is 16.7. The summed E-state index contributed by atoms with van der Waals surface area (Å²) < 4.78 is 40.8. The van der Waals surface area contributed by atoms with E-state index in [1.54, 1.807) is 0 Å². The molecule has 25 heavy (non-hydrogen) atoms. The van der Waals surface area contributed by atoms with Gasteiger partial charge in [-0.05, 0) is 23.8 Å².